The molecule has 0 aliphatic carbocycles. The molecule has 0 spiro atoms. The van der Waals surface area contributed by atoms with Crippen molar-refractivity contribution in [2.24, 2.45) is 0 Å². The molecule has 0 bridgehead atoms. The van der Waals surface area contributed by atoms with Gasteiger partial charge in [0.05, 0.1) is 6.54 Å². The number of rotatable bonds is 4. The van der Waals surface area contributed by atoms with E-state index in [0.29, 0.717) is 18.8 Å². The first kappa shape index (κ1) is 16.2. The zero-order valence-electron chi connectivity index (χ0n) is 13.0. The van der Waals surface area contributed by atoms with Crippen LogP contribution in [-0.2, 0) is 9.59 Å². The molecule has 1 aliphatic rings. The SMILES string of the molecule is CN(C)c1cccc(NC(=O)CN2CCCCC(O)C2=O)n1. The molecule has 1 fully saturated rings. The van der Waals surface area contributed by atoms with Gasteiger partial charge in [-0.25, -0.2) is 4.98 Å². The highest BCUT2D eigenvalue weighted by Crippen LogP contribution is 2.13. The molecule has 1 aromatic rings. The van der Waals surface area contributed by atoms with Crippen molar-refractivity contribution in [1.82, 2.24) is 9.88 Å². The van der Waals surface area contributed by atoms with Crippen LogP contribution in [0.5, 0.6) is 0 Å². The van der Waals surface area contributed by atoms with Gasteiger partial charge in [0.1, 0.15) is 17.7 Å². The fourth-order valence-electron chi connectivity index (χ4n) is 2.34. The van der Waals surface area contributed by atoms with Gasteiger partial charge in [0, 0.05) is 20.6 Å². The summed E-state index contributed by atoms with van der Waals surface area (Å²) in [5.41, 5.74) is 0. The Balaban J connectivity index is 1.97. The maximum absolute atomic E-state index is 12.1. The summed E-state index contributed by atoms with van der Waals surface area (Å²) in [5, 5.41) is 12.4. The van der Waals surface area contributed by atoms with Gasteiger partial charge in [0.25, 0.3) is 5.91 Å². The van der Waals surface area contributed by atoms with Crippen molar-refractivity contribution in [2.45, 2.75) is 25.4 Å². The van der Waals surface area contributed by atoms with Crippen molar-refractivity contribution in [3.8, 4) is 0 Å². The van der Waals surface area contributed by atoms with E-state index >= 15 is 0 Å². The fraction of sp³-hybridized carbons (Fsp3) is 0.533. The Morgan fingerprint density at radius 3 is 2.95 bits per heavy atom. The van der Waals surface area contributed by atoms with E-state index in [-0.39, 0.29) is 18.4 Å². The lowest BCUT2D eigenvalue weighted by molar-refractivity contribution is -0.141. The van der Waals surface area contributed by atoms with E-state index < -0.39 is 6.10 Å². The molecule has 0 radical (unpaired) electrons. The molecule has 22 heavy (non-hydrogen) atoms. The second kappa shape index (κ2) is 7.22. The summed E-state index contributed by atoms with van der Waals surface area (Å²) in [6, 6.07) is 5.34. The van der Waals surface area contributed by atoms with Gasteiger partial charge in [-0.05, 0) is 31.4 Å². The number of hydrogen-bond donors (Lipinski definition) is 2. The summed E-state index contributed by atoms with van der Waals surface area (Å²) < 4.78 is 0. The van der Waals surface area contributed by atoms with Crippen LogP contribution in [-0.4, -0.2) is 60.1 Å². The second-order valence-corrected chi connectivity index (χ2v) is 5.60. The smallest absolute Gasteiger partial charge is 0.251 e. The van der Waals surface area contributed by atoms with E-state index in [1.807, 2.05) is 25.1 Å². The number of nitrogens with one attached hydrogen (secondary N) is 1. The van der Waals surface area contributed by atoms with Gasteiger partial charge in [0.15, 0.2) is 0 Å². The van der Waals surface area contributed by atoms with Crippen molar-refractivity contribution >= 4 is 23.5 Å². The monoisotopic (exact) mass is 306 g/mol. The van der Waals surface area contributed by atoms with Gasteiger partial charge in [-0.2, -0.15) is 0 Å². The molecule has 7 heteroatoms. The van der Waals surface area contributed by atoms with E-state index in [0.717, 1.165) is 18.7 Å². The molecule has 2 N–H and O–H groups in total. The van der Waals surface area contributed by atoms with E-state index in [2.05, 4.69) is 10.3 Å². The molecule has 1 aromatic heterocycles. The highest BCUT2D eigenvalue weighted by molar-refractivity contribution is 5.94. The highest BCUT2D eigenvalue weighted by Gasteiger charge is 2.26. The second-order valence-electron chi connectivity index (χ2n) is 5.60. The van der Waals surface area contributed by atoms with Crippen LogP contribution in [0.15, 0.2) is 18.2 Å². The maximum atomic E-state index is 12.1. The Labute approximate surface area is 129 Å². The Kier molecular flexibility index (Phi) is 5.32. The van der Waals surface area contributed by atoms with Crippen LogP contribution in [0.25, 0.3) is 0 Å². The third-order valence-electron chi connectivity index (χ3n) is 3.55. The number of hydrogen-bond acceptors (Lipinski definition) is 5. The highest BCUT2D eigenvalue weighted by atomic mass is 16.3. The molecule has 0 saturated carbocycles. The van der Waals surface area contributed by atoms with Gasteiger partial charge in [0.2, 0.25) is 5.91 Å². The number of aliphatic hydroxyl groups excluding tert-OH is 1. The average Bonchev–Trinajstić information content (AvgIpc) is 2.63. The zero-order valence-corrected chi connectivity index (χ0v) is 13.0. The Hall–Kier alpha value is -2.15. The van der Waals surface area contributed by atoms with Crippen LogP contribution in [0.2, 0.25) is 0 Å². The lowest BCUT2D eigenvalue weighted by atomic mass is 10.2. The predicted octanol–water partition coefficient (Wildman–Crippen LogP) is 0.459. The number of carbonyl (C=O) groups is 2. The molecule has 1 unspecified atom stereocenters. The van der Waals surface area contributed by atoms with Crippen LogP contribution in [0.1, 0.15) is 19.3 Å². The number of nitrogens with zero attached hydrogens (tertiary/aromatic N) is 3. The number of carbonyl (C=O) groups excluding carboxylic acids is 2. The molecule has 1 atom stereocenters. The van der Waals surface area contributed by atoms with E-state index in [1.54, 1.807) is 12.1 Å². The van der Waals surface area contributed by atoms with E-state index in [1.165, 1.54) is 4.90 Å². The first-order valence-corrected chi connectivity index (χ1v) is 7.38. The summed E-state index contributed by atoms with van der Waals surface area (Å²) in [7, 11) is 3.73. The molecule has 1 saturated heterocycles. The van der Waals surface area contributed by atoms with Crippen molar-refractivity contribution in [3.63, 3.8) is 0 Å². The van der Waals surface area contributed by atoms with E-state index in [4.69, 9.17) is 0 Å². The normalized spacial score (nSPS) is 18.8. The minimum atomic E-state index is -0.995. The summed E-state index contributed by atoms with van der Waals surface area (Å²) in [6.07, 6.45) is 1.05. The summed E-state index contributed by atoms with van der Waals surface area (Å²) in [6.45, 7) is 0.429. The first-order valence-electron chi connectivity index (χ1n) is 7.38. The van der Waals surface area contributed by atoms with Crippen LogP contribution in [0.3, 0.4) is 0 Å². The Morgan fingerprint density at radius 1 is 1.45 bits per heavy atom. The molecule has 2 amide bonds. The number of aromatic nitrogens is 1. The zero-order chi connectivity index (χ0) is 16.1. The van der Waals surface area contributed by atoms with Crippen molar-refractivity contribution in [3.05, 3.63) is 18.2 Å². The standard InChI is InChI=1S/C15H22N4O3/c1-18(2)13-8-5-7-12(16-13)17-14(21)10-19-9-4-3-6-11(20)15(19)22/h5,7-8,11,20H,3-4,6,9-10H2,1-2H3,(H,16,17,21). The topological polar surface area (TPSA) is 85.8 Å². The number of amides is 2. The lowest BCUT2D eigenvalue weighted by Gasteiger charge is -2.21. The number of anilines is 2. The van der Waals surface area contributed by atoms with Crippen molar-refractivity contribution in [1.29, 1.82) is 0 Å². The summed E-state index contributed by atoms with van der Waals surface area (Å²) in [5.74, 6) is 0.492. The Bertz CT molecular complexity index is 547. The molecular weight excluding hydrogens is 284 g/mol. The lowest BCUT2D eigenvalue weighted by Crippen LogP contribution is -2.42. The number of pyridine rings is 1. The molecular formula is C15H22N4O3. The van der Waals surface area contributed by atoms with Gasteiger partial charge in [-0.3, -0.25) is 9.59 Å². The third kappa shape index (κ3) is 4.17. The third-order valence-corrected chi connectivity index (χ3v) is 3.55. The molecule has 0 aromatic carbocycles. The summed E-state index contributed by atoms with van der Waals surface area (Å²) in [4.78, 5) is 31.6. The van der Waals surface area contributed by atoms with E-state index in [9.17, 15) is 14.7 Å². The molecule has 120 valence electrons. The molecule has 7 nitrogen and oxygen atoms in total. The van der Waals surface area contributed by atoms with Gasteiger partial charge in [-0.15, -0.1) is 0 Å². The largest absolute Gasteiger partial charge is 0.383 e. The van der Waals surface area contributed by atoms with Crippen LogP contribution in [0, 0.1) is 0 Å². The fourth-order valence-corrected chi connectivity index (χ4v) is 2.34. The predicted molar refractivity (Wildman–Crippen MR) is 83.6 cm³/mol. The Morgan fingerprint density at radius 2 is 2.23 bits per heavy atom. The quantitative estimate of drug-likeness (QED) is 0.844. The minimum absolute atomic E-state index is 0.0657. The minimum Gasteiger partial charge on any atom is -0.383 e. The number of likely N-dealkylation sites (tertiary alicyclic amines) is 1. The number of aliphatic hydroxyl groups is 1. The molecule has 1 aliphatic heterocycles. The van der Waals surface area contributed by atoms with Crippen molar-refractivity contribution < 1.29 is 14.7 Å². The summed E-state index contributed by atoms with van der Waals surface area (Å²) >= 11 is 0. The maximum Gasteiger partial charge on any atom is 0.251 e. The van der Waals surface area contributed by atoms with Crippen molar-refractivity contribution in [2.75, 3.05) is 37.4 Å². The van der Waals surface area contributed by atoms with Crippen LogP contribution < -0.4 is 10.2 Å². The molecule has 2 heterocycles. The van der Waals surface area contributed by atoms with Crippen LogP contribution >= 0.6 is 0 Å². The van der Waals surface area contributed by atoms with Gasteiger partial charge < -0.3 is 20.2 Å². The van der Waals surface area contributed by atoms with Crippen LogP contribution in [0.4, 0.5) is 11.6 Å². The first-order chi connectivity index (χ1) is 10.5. The van der Waals surface area contributed by atoms with Gasteiger partial charge >= 0.3 is 0 Å². The van der Waals surface area contributed by atoms with Gasteiger partial charge in [-0.1, -0.05) is 6.07 Å². The average molecular weight is 306 g/mol. The molecule has 2 rings (SSSR count).